The maximum absolute atomic E-state index is 6.14. The first kappa shape index (κ1) is 36.6. The van der Waals surface area contributed by atoms with Crippen LogP contribution in [0.2, 0.25) is 0 Å². The second-order valence-electron chi connectivity index (χ2n) is 11.0. The third-order valence-corrected chi connectivity index (χ3v) is 10.1. The molecule has 0 amide bonds. The molecule has 53 heavy (non-hydrogen) atoms. The number of para-hydroxylation sites is 2. The first-order valence-corrected chi connectivity index (χ1v) is 18.0. The lowest BCUT2D eigenvalue weighted by atomic mass is 10.1. The van der Waals surface area contributed by atoms with Crippen LogP contribution >= 0.6 is 21.6 Å². The van der Waals surface area contributed by atoms with Gasteiger partial charge in [-0.15, -0.1) is 0 Å². The summed E-state index contributed by atoms with van der Waals surface area (Å²) < 4.78 is 27.5. The average Bonchev–Trinajstić information content (AvgIpc) is 3.16. The van der Waals surface area contributed by atoms with E-state index in [1.807, 2.05) is 61.5 Å². The number of methoxy groups -OCH3 is 5. The molecule has 0 aliphatic heterocycles. The molecule has 4 aromatic carbocycles. The Morgan fingerprint density at radius 1 is 0.509 bits per heavy atom. The van der Waals surface area contributed by atoms with Crippen molar-refractivity contribution < 1.29 is 23.7 Å². The predicted molar refractivity (Wildman–Crippen MR) is 208 cm³/mol. The zero-order valence-electron chi connectivity index (χ0n) is 29.6. The molecule has 15 nitrogen and oxygen atoms in total. The topological polar surface area (TPSA) is 200 Å². The van der Waals surface area contributed by atoms with E-state index >= 15 is 0 Å². The summed E-state index contributed by atoms with van der Waals surface area (Å²) in [4.78, 5) is 28.6. The normalized spacial score (nSPS) is 10.8. The number of nitrogens with one attached hydrogen (secondary N) is 2. The summed E-state index contributed by atoms with van der Waals surface area (Å²) in [5, 5.41) is 6.62. The maximum Gasteiger partial charge on any atom is 0.232 e. The Hall–Kier alpha value is -6.20. The predicted octanol–water partition coefficient (Wildman–Crippen LogP) is 7.19. The van der Waals surface area contributed by atoms with Gasteiger partial charge >= 0.3 is 0 Å². The number of hydrogen-bond donors (Lipinski definition) is 4. The van der Waals surface area contributed by atoms with Crippen LogP contribution in [-0.4, -0.2) is 65.5 Å². The minimum Gasteiger partial charge on any atom is -0.493 e. The van der Waals surface area contributed by atoms with Gasteiger partial charge in [-0.3, -0.25) is 0 Å². The number of ether oxygens (including phenoxy) is 5. The standard InChI is InChI=1S/C36H36N10O5S2/c1-19-15-20(16-24(47-2)29(19)50-5)31-41-33(37)45-35(43-31)39-22-11-7-9-13-27(22)52-53-28-14-10-8-12-23(28)40-36-44-32(42-34(38)46-36)21-17-25(48-3)30(51-6)26(18-21)49-4/h7-18H,1-6H3,(H3,37,39,41,43,45)(H3,38,40,42,44,46). The van der Waals surface area contributed by atoms with Gasteiger partial charge in [-0.1, -0.05) is 45.9 Å². The summed E-state index contributed by atoms with van der Waals surface area (Å²) in [6.45, 7) is 1.92. The lowest BCUT2D eigenvalue weighted by molar-refractivity contribution is 0.324. The van der Waals surface area contributed by atoms with E-state index in [9.17, 15) is 0 Å². The minimum absolute atomic E-state index is 0.0363. The number of aromatic nitrogens is 6. The van der Waals surface area contributed by atoms with Gasteiger partial charge in [-0.2, -0.15) is 29.9 Å². The molecule has 0 saturated carbocycles. The molecule has 0 radical (unpaired) electrons. The number of nitrogens with two attached hydrogens (primary N) is 2. The van der Waals surface area contributed by atoms with Crippen molar-refractivity contribution in [1.29, 1.82) is 0 Å². The van der Waals surface area contributed by atoms with Crippen LogP contribution in [0.15, 0.2) is 82.6 Å². The number of aryl methyl sites for hydroxylation is 1. The summed E-state index contributed by atoms with van der Waals surface area (Å²) >= 11 is 0. The number of benzene rings is 4. The van der Waals surface area contributed by atoms with Crippen molar-refractivity contribution in [3.63, 3.8) is 0 Å². The molecule has 2 aromatic heterocycles. The second kappa shape index (κ2) is 16.4. The fourth-order valence-electron chi connectivity index (χ4n) is 5.26. The summed E-state index contributed by atoms with van der Waals surface area (Å²) in [7, 11) is 10.9. The Balaban J connectivity index is 1.22. The Morgan fingerprint density at radius 2 is 0.925 bits per heavy atom. The highest BCUT2D eigenvalue weighted by molar-refractivity contribution is 8.76. The molecular formula is C36H36N10O5S2. The Labute approximate surface area is 313 Å². The van der Waals surface area contributed by atoms with Crippen LogP contribution in [-0.2, 0) is 0 Å². The van der Waals surface area contributed by atoms with E-state index in [-0.39, 0.29) is 23.8 Å². The third-order valence-electron chi connectivity index (χ3n) is 7.64. The van der Waals surface area contributed by atoms with Crippen LogP contribution in [0.3, 0.4) is 0 Å². The Bertz CT molecular complexity index is 2240. The van der Waals surface area contributed by atoms with Crippen molar-refractivity contribution in [1.82, 2.24) is 29.9 Å². The van der Waals surface area contributed by atoms with E-state index in [1.54, 1.807) is 32.4 Å². The van der Waals surface area contributed by atoms with Crippen molar-refractivity contribution in [2.24, 2.45) is 0 Å². The highest BCUT2D eigenvalue weighted by Crippen LogP contribution is 2.45. The highest BCUT2D eigenvalue weighted by Gasteiger charge is 2.18. The molecule has 0 bridgehead atoms. The van der Waals surface area contributed by atoms with Gasteiger partial charge in [0, 0.05) is 20.9 Å². The lowest BCUT2D eigenvalue weighted by Gasteiger charge is -2.15. The molecular weight excluding hydrogens is 717 g/mol. The van der Waals surface area contributed by atoms with Gasteiger partial charge in [0.2, 0.25) is 29.5 Å². The quantitative estimate of drug-likeness (QED) is 0.0814. The van der Waals surface area contributed by atoms with Crippen molar-refractivity contribution in [3.05, 3.63) is 78.4 Å². The molecule has 6 rings (SSSR count). The van der Waals surface area contributed by atoms with E-state index < -0.39 is 0 Å². The number of rotatable bonds is 14. The SMILES string of the molecule is COc1cc(-c2nc(N)nc(Nc3ccccc3SSc3ccccc3Nc3nc(N)nc(-c4cc(OC)c(OC)c(OC)c4)n3)n2)cc(C)c1OC. The molecule has 6 aromatic rings. The molecule has 0 aliphatic carbocycles. The van der Waals surface area contributed by atoms with Crippen LogP contribution in [0.25, 0.3) is 22.8 Å². The smallest absolute Gasteiger partial charge is 0.232 e. The van der Waals surface area contributed by atoms with E-state index in [0.29, 0.717) is 51.5 Å². The molecule has 0 atom stereocenters. The fourth-order valence-corrected chi connectivity index (χ4v) is 7.54. The van der Waals surface area contributed by atoms with E-state index in [4.69, 9.17) is 35.2 Å². The summed E-state index contributed by atoms with van der Waals surface area (Å²) in [5.41, 5.74) is 16.0. The first-order chi connectivity index (χ1) is 25.7. The third kappa shape index (κ3) is 8.31. The van der Waals surface area contributed by atoms with Crippen LogP contribution in [0.4, 0.5) is 35.2 Å². The van der Waals surface area contributed by atoms with Gasteiger partial charge in [0.25, 0.3) is 0 Å². The lowest BCUT2D eigenvalue weighted by Crippen LogP contribution is -2.06. The number of hydrogen-bond acceptors (Lipinski definition) is 17. The zero-order chi connectivity index (χ0) is 37.5. The van der Waals surface area contributed by atoms with Gasteiger partial charge < -0.3 is 45.8 Å². The van der Waals surface area contributed by atoms with E-state index in [1.165, 1.54) is 42.9 Å². The van der Waals surface area contributed by atoms with Gasteiger partial charge in [-0.25, -0.2) is 0 Å². The summed E-state index contributed by atoms with van der Waals surface area (Å²) in [6.07, 6.45) is 0. The van der Waals surface area contributed by atoms with Crippen LogP contribution in [0, 0.1) is 6.92 Å². The van der Waals surface area contributed by atoms with Gasteiger partial charge in [0.15, 0.2) is 34.6 Å². The molecule has 2 heterocycles. The van der Waals surface area contributed by atoms with Crippen molar-refractivity contribution in [2.75, 3.05) is 57.6 Å². The molecule has 6 N–H and O–H groups in total. The van der Waals surface area contributed by atoms with E-state index in [0.717, 1.165) is 26.7 Å². The van der Waals surface area contributed by atoms with Crippen LogP contribution < -0.4 is 45.8 Å². The largest absolute Gasteiger partial charge is 0.493 e. The van der Waals surface area contributed by atoms with Gasteiger partial charge in [0.1, 0.15) is 0 Å². The van der Waals surface area contributed by atoms with Crippen molar-refractivity contribution in [3.8, 4) is 51.5 Å². The van der Waals surface area contributed by atoms with Crippen LogP contribution in [0.1, 0.15) is 5.56 Å². The summed E-state index contributed by atoms with van der Waals surface area (Å²) in [6, 6.07) is 22.8. The maximum atomic E-state index is 6.14. The number of nitrogen functional groups attached to an aromatic ring is 2. The second-order valence-corrected chi connectivity index (χ2v) is 13.2. The fraction of sp³-hybridized carbons (Fsp3) is 0.167. The monoisotopic (exact) mass is 752 g/mol. The molecule has 0 spiro atoms. The number of anilines is 6. The van der Waals surface area contributed by atoms with Crippen molar-refractivity contribution >= 4 is 56.8 Å². The van der Waals surface area contributed by atoms with E-state index in [2.05, 4.69) is 40.5 Å². The zero-order valence-corrected chi connectivity index (χ0v) is 31.3. The first-order valence-electron chi connectivity index (χ1n) is 15.9. The molecule has 0 fully saturated rings. The minimum atomic E-state index is 0.0363. The number of nitrogens with zero attached hydrogens (tertiary/aromatic N) is 6. The Morgan fingerprint density at radius 3 is 1.36 bits per heavy atom. The van der Waals surface area contributed by atoms with Gasteiger partial charge in [-0.05, 0) is 61.0 Å². The molecule has 0 unspecified atom stereocenters. The van der Waals surface area contributed by atoms with Crippen molar-refractivity contribution in [2.45, 2.75) is 16.7 Å². The summed E-state index contributed by atoms with van der Waals surface area (Å²) in [5.74, 6) is 3.91. The Kier molecular flexibility index (Phi) is 11.3. The average molecular weight is 753 g/mol. The molecule has 17 heteroatoms. The van der Waals surface area contributed by atoms with Gasteiger partial charge in [0.05, 0.1) is 46.9 Å². The molecule has 0 saturated heterocycles. The highest BCUT2D eigenvalue weighted by atomic mass is 33.1. The molecule has 0 aliphatic rings. The molecule has 272 valence electrons. The van der Waals surface area contributed by atoms with Crippen LogP contribution in [0.5, 0.6) is 28.7 Å².